The van der Waals surface area contributed by atoms with E-state index in [4.69, 9.17) is 16.3 Å². The number of nitrogens with one attached hydrogen (secondary N) is 2. The number of hydrogen-bond acceptors (Lipinski definition) is 4. The Balaban J connectivity index is 2.16. The normalized spacial score (nSPS) is 16.2. The van der Waals surface area contributed by atoms with E-state index in [-0.39, 0.29) is 6.42 Å². The minimum absolute atomic E-state index is 0.00222. The molecule has 0 aromatic heterocycles. The summed E-state index contributed by atoms with van der Waals surface area (Å²) in [7, 11) is 0. The Labute approximate surface area is 170 Å². The summed E-state index contributed by atoms with van der Waals surface area (Å²) in [6.45, 7) is 2.93. The van der Waals surface area contributed by atoms with Gasteiger partial charge >= 0.3 is 12.3 Å². The topological polar surface area (TPSA) is 87.7 Å². The van der Waals surface area contributed by atoms with E-state index in [1.54, 1.807) is 26.1 Å². The molecule has 1 atom stereocenters. The summed E-state index contributed by atoms with van der Waals surface area (Å²) in [6, 6.07) is 3.34. The Kier molecular flexibility index (Phi) is 6.67. The van der Waals surface area contributed by atoms with E-state index in [1.165, 1.54) is 18.2 Å². The molecule has 160 valence electrons. The molecule has 0 spiro atoms. The maximum absolute atomic E-state index is 12.7. The molecule has 2 N–H and O–H groups in total. The van der Waals surface area contributed by atoms with E-state index >= 15 is 0 Å². The molecule has 29 heavy (non-hydrogen) atoms. The van der Waals surface area contributed by atoms with Gasteiger partial charge in [0.25, 0.3) is 0 Å². The van der Waals surface area contributed by atoms with Crippen LogP contribution in [0.2, 0.25) is 5.02 Å². The molecule has 0 fully saturated rings. The lowest BCUT2D eigenvalue weighted by Crippen LogP contribution is -2.52. The van der Waals surface area contributed by atoms with Crippen LogP contribution in [0.1, 0.15) is 26.3 Å². The molecule has 2 rings (SSSR count). The number of halogens is 4. The van der Waals surface area contributed by atoms with E-state index in [0.717, 1.165) is 4.90 Å². The number of carbonyl (C=O) groups excluding carboxylic acids is 3. The van der Waals surface area contributed by atoms with Gasteiger partial charge < -0.3 is 15.4 Å². The summed E-state index contributed by atoms with van der Waals surface area (Å²) >= 11 is 5.94. The van der Waals surface area contributed by atoms with E-state index in [2.05, 4.69) is 5.32 Å². The highest BCUT2D eigenvalue weighted by molar-refractivity contribution is 6.30. The first-order valence-corrected chi connectivity index (χ1v) is 9.06. The molecule has 1 aliphatic heterocycles. The number of benzene rings is 1. The van der Waals surface area contributed by atoms with Crippen molar-refractivity contribution in [2.24, 2.45) is 0 Å². The van der Waals surface area contributed by atoms with Gasteiger partial charge in [0.15, 0.2) is 0 Å². The molecule has 0 aliphatic carbocycles. The first-order chi connectivity index (χ1) is 13.3. The van der Waals surface area contributed by atoms with Crippen molar-refractivity contribution >= 4 is 35.2 Å². The molecule has 0 saturated heterocycles. The molecular weight excluding hydrogens is 415 g/mol. The van der Waals surface area contributed by atoms with Gasteiger partial charge in [-0.05, 0) is 44.5 Å². The summed E-state index contributed by atoms with van der Waals surface area (Å²) in [4.78, 5) is 37.9. The summed E-state index contributed by atoms with van der Waals surface area (Å²) in [6.07, 6.45) is -5.42. The number of hydrogen-bond donors (Lipinski definition) is 2. The molecule has 11 heteroatoms. The van der Waals surface area contributed by atoms with Crippen LogP contribution < -0.4 is 15.5 Å². The van der Waals surface area contributed by atoms with Gasteiger partial charge in [0, 0.05) is 17.1 Å². The van der Waals surface area contributed by atoms with Crippen LogP contribution in [0.15, 0.2) is 18.2 Å². The highest BCUT2D eigenvalue weighted by atomic mass is 35.5. The van der Waals surface area contributed by atoms with Gasteiger partial charge in [-0.15, -0.1) is 0 Å². The Morgan fingerprint density at radius 2 is 1.86 bits per heavy atom. The highest BCUT2D eigenvalue weighted by Crippen LogP contribution is 2.34. The second-order valence-corrected chi connectivity index (χ2v) is 7.88. The molecule has 1 heterocycles. The highest BCUT2D eigenvalue weighted by Gasteiger charge is 2.39. The molecule has 3 amide bonds. The predicted octanol–water partition coefficient (Wildman–Crippen LogP) is 2.80. The van der Waals surface area contributed by atoms with Crippen molar-refractivity contribution in [3.05, 3.63) is 28.8 Å². The lowest BCUT2D eigenvalue weighted by Gasteiger charge is -2.26. The van der Waals surface area contributed by atoms with Gasteiger partial charge in [-0.3, -0.25) is 14.5 Å². The molecule has 1 aromatic carbocycles. The van der Waals surface area contributed by atoms with Crippen LogP contribution in [0.4, 0.5) is 23.7 Å². The van der Waals surface area contributed by atoms with E-state index < -0.39 is 48.8 Å². The number of carbonyl (C=O) groups is 3. The fraction of sp³-hybridized carbons (Fsp3) is 0.500. The Hall–Kier alpha value is -2.49. The Morgan fingerprint density at radius 3 is 2.45 bits per heavy atom. The molecular formula is C18H21ClF3N3O4. The van der Waals surface area contributed by atoms with Gasteiger partial charge in [0.2, 0.25) is 11.8 Å². The monoisotopic (exact) mass is 435 g/mol. The Bertz CT molecular complexity index is 809. The minimum Gasteiger partial charge on any atom is -0.444 e. The van der Waals surface area contributed by atoms with E-state index in [0.29, 0.717) is 16.3 Å². The number of fused-ring (bicyclic) bond motifs is 1. The minimum atomic E-state index is -4.59. The second-order valence-electron chi connectivity index (χ2n) is 7.45. The summed E-state index contributed by atoms with van der Waals surface area (Å²) in [5.41, 5.74) is 0.109. The van der Waals surface area contributed by atoms with Crippen LogP contribution in [-0.2, 0) is 20.7 Å². The van der Waals surface area contributed by atoms with Crippen LogP contribution in [0.5, 0.6) is 0 Å². The summed E-state index contributed by atoms with van der Waals surface area (Å²) < 4.78 is 42.4. The van der Waals surface area contributed by atoms with Gasteiger partial charge in [-0.1, -0.05) is 11.6 Å². The van der Waals surface area contributed by atoms with Crippen molar-refractivity contribution in [2.45, 2.75) is 45.0 Å². The zero-order valence-electron chi connectivity index (χ0n) is 16.0. The SMILES string of the molecule is CC(C)(C)OC(=O)NCC(=O)N1c2ccc(Cl)cc2C[C@@H]1C(=O)NCC(F)(F)F. The average Bonchev–Trinajstić information content (AvgIpc) is 2.94. The van der Waals surface area contributed by atoms with Crippen molar-refractivity contribution in [1.82, 2.24) is 10.6 Å². The van der Waals surface area contributed by atoms with Crippen LogP contribution in [0.3, 0.4) is 0 Å². The number of amides is 3. The summed E-state index contributed by atoms with van der Waals surface area (Å²) in [5.74, 6) is -1.63. The average molecular weight is 436 g/mol. The van der Waals surface area contributed by atoms with E-state index in [1.807, 2.05) is 0 Å². The molecule has 1 aliphatic rings. The number of alkyl carbamates (subject to hydrolysis) is 1. The largest absolute Gasteiger partial charge is 0.444 e. The van der Waals surface area contributed by atoms with Crippen molar-refractivity contribution in [1.29, 1.82) is 0 Å². The number of ether oxygens (including phenoxy) is 1. The molecule has 0 saturated carbocycles. The number of nitrogens with zero attached hydrogens (tertiary/aromatic N) is 1. The van der Waals surface area contributed by atoms with Crippen molar-refractivity contribution in [2.75, 3.05) is 18.0 Å². The van der Waals surface area contributed by atoms with Crippen molar-refractivity contribution in [3.8, 4) is 0 Å². The van der Waals surface area contributed by atoms with Crippen molar-refractivity contribution in [3.63, 3.8) is 0 Å². The van der Waals surface area contributed by atoms with Gasteiger partial charge in [0.1, 0.15) is 24.7 Å². The lowest BCUT2D eigenvalue weighted by atomic mass is 10.1. The zero-order valence-corrected chi connectivity index (χ0v) is 16.8. The molecule has 0 unspecified atom stereocenters. The number of rotatable bonds is 4. The lowest BCUT2D eigenvalue weighted by molar-refractivity contribution is -0.139. The third-order valence-electron chi connectivity index (χ3n) is 3.84. The predicted molar refractivity (Wildman–Crippen MR) is 99.7 cm³/mol. The van der Waals surface area contributed by atoms with Gasteiger partial charge in [-0.2, -0.15) is 13.2 Å². The standard InChI is InChI=1S/C18H21ClF3N3O4/c1-17(2,3)29-16(28)23-8-14(26)25-12-5-4-11(19)6-10(12)7-13(25)15(27)24-9-18(20,21)22/h4-6,13H,7-9H2,1-3H3,(H,23,28)(H,24,27)/t13-/m1/s1. The summed E-state index contributed by atoms with van der Waals surface area (Å²) in [5, 5.41) is 4.44. The second kappa shape index (κ2) is 8.48. The fourth-order valence-corrected chi connectivity index (χ4v) is 2.99. The maximum atomic E-state index is 12.7. The molecule has 7 nitrogen and oxygen atoms in total. The number of anilines is 1. The fourth-order valence-electron chi connectivity index (χ4n) is 2.79. The van der Waals surface area contributed by atoms with Crippen molar-refractivity contribution < 1.29 is 32.3 Å². The Morgan fingerprint density at radius 1 is 1.21 bits per heavy atom. The van der Waals surface area contributed by atoms with Gasteiger partial charge in [-0.25, -0.2) is 4.79 Å². The first-order valence-electron chi connectivity index (χ1n) is 8.68. The van der Waals surface area contributed by atoms with E-state index in [9.17, 15) is 27.6 Å². The van der Waals surface area contributed by atoms with Gasteiger partial charge in [0.05, 0.1) is 0 Å². The first kappa shape index (κ1) is 22.8. The van der Waals surface area contributed by atoms with Crippen LogP contribution in [-0.4, -0.2) is 48.8 Å². The molecule has 0 bridgehead atoms. The van der Waals surface area contributed by atoms with Crippen LogP contribution in [0, 0.1) is 0 Å². The van der Waals surface area contributed by atoms with Crippen LogP contribution >= 0.6 is 11.6 Å². The number of alkyl halides is 3. The maximum Gasteiger partial charge on any atom is 0.408 e. The molecule has 1 aromatic rings. The third-order valence-corrected chi connectivity index (χ3v) is 4.08. The smallest absolute Gasteiger partial charge is 0.408 e. The van der Waals surface area contributed by atoms with Crippen LogP contribution in [0.25, 0.3) is 0 Å². The zero-order chi connectivity index (χ0) is 22.0. The quantitative estimate of drug-likeness (QED) is 0.761. The third kappa shape index (κ3) is 6.52. The molecule has 0 radical (unpaired) electrons.